The second-order valence-electron chi connectivity index (χ2n) is 5.46. The Hall–Kier alpha value is -1.95. The summed E-state index contributed by atoms with van der Waals surface area (Å²) in [7, 11) is 2.07. The van der Waals surface area contributed by atoms with Gasteiger partial charge in [0.25, 0.3) is 0 Å². The maximum absolute atomic E-state index is 11.6. The number of pyridine rings is 1. The van der Waals surface area contributed by atoms with Gasteiger partial charge in [0.05, 0.1) is 6.42 Å². The van der Waals surface area contributed by atoms with Gasteiger partial charge in [-0.15, -0.1) is 0 Å². The Bertz CT molecular complexity index is 492. The lowest BCUT2D eigenvalue weighted by molar-refractivity contribution is -0.138. The number of aromatic nitrogens is 1. The highest BCUT2D eigenvalue weighted by atomic mass is 16.4. The predicted molar refractivity (Wildman–Crippen MR) is 77.6 cm³/mol. The molecule has 2 heterocycles. The Morgan fingerprint density at radius 1 is 1.48 bits per heavy atom. The third kappa shape index (κ3) is 4.26. The molecule has 6 nitrogen and oxygen atoms in total. The first-order valence-corrected chi connectivity index (χ1v) is 7.16. The molecule has 0 saturated carbocycles. The molecule has 1 saturated heterocycles. The van der Waals surface area contributed by atoms with Crippen LogP contribution in [0.15, 0.2) is 24.5 Å². The van der Waals surface area contributed by atoms with Crippen LogP contribution in [0, 0.1) is 5.92 Å². The van der Waals surface area contributed by atoms with Crippen LogP contribution in [0.25, 0.3) is 0 Å². The second kappa shape index (κ2) is 7.17. The second-order valence-corrected chi connectivity index (χ2v) is 5.46. The Balaban J connectivity index is 1.90. The van der Waals surface area contributed by atoms with Gasteiger partial charge in [0, 0.05) is 31.4 Å². The van der Waals surface area contributed by atoms with Gasteiger partial charge in [-0.1, -0.05) is 6.07 Å². The summed E-state index contributed by atoms with van der Waals surface area (Å²) < 4.78 is 0. The summed E-state index contributed by atoms with van der Waals surface area (Å²) >= 11 is 0. The molecule has 0 aromatic carbocycles. The highest BCUT2D eigenvalue weighted by Gasteiger charge is 2.33. The fraction of sp³-hybridized carbons (Fsp3) is 0.533. The Kier molecular flexibility index (Phi) is 5.27. The van der Waals surface area contributed by atoms with Crippen LogP contribution in [0.4, 0.5) is 0 Å². The van der Waals surface area contributed by atoms with Gasteiger partial charge in [-0.2, -0.15) is 0 Å². The van der Waals surface area contributed by atoms with Crippen LogP contribution in [0.5, 0.6) is 0 Å². The molecule has 0 unspecified atom stereocenters. The maximum atomic E-state index is 11.6. The number of carboxylic acid groups (broad SMARTS) is 1. The molecule has 2 N–H and O–H groups in total. The fourth-order valence-electron chi connectivity index (χ4n) is 2.87. The van der Waals surface area contributed by atoms with Crippen molar-refractivity contribution < 1.29 is 14.7 Å². The summed E-state index contributed by atoms with van der Waals surface area (Å²) in [4.78, 5) is 28.5. The van der Waals surface area contributed by atoms with Crippen molar-refractivity contribution in [2.75, 3.05) is 20.1 Å². The molecule has 2 rings (SSSR count). The van der Waals surface area contributed by atoms with Gasteiger partial charge in [0.15, 0.2) is 0 Å². The Labute approximate surface area is 124 Å². The third-order valence-electron chi connectivity index (χ3n) is 3.93. The number of rotatable bonds is 6. The fourth-order valence-corrected chi connectivity index (χ4v) is 2.87. The molecular formula is C15H21N3O3. The lowest BCUT2D eigenvalue weighted by Crippen LogP contribution is -2.32. The number of likely N-dealkylation sites (tertiary alicyclic amines) is 1. The smallest absolute Gasteiger partial charge is 0.303 e. The summed E-state index contributed by atoms with van der Waals surface area (Å²) in [5.74, 6) is -0.816. The molecule has 1 aromatic heterocycles. The van der Waals surface area contributed by atoms with E-state index < -0.39 is 5.97 Å². The molecule has 1 amide bonds. The quantitative estimate of drug-likeness (QED) is 0.819. The number of aliphatic carboxylic acids is 1. The van der Waals surface area contributed by atoms with Crippen LogP contribution in [0.3, 0.4) is 0 Å². The van der Waals surface area contributed by atoms with E-state index in [0.717, 1.165) is 18.5 Å². The zero-order valence-corrected chi connectivity index (χ0v) is 12.2. The van der Waals surface area contributed by atoms with E-state index in [1.165, 1.54) is 0 Å². The molecule has 0 aliphatic carbocycles. The summed E-state index contributed by atoms with van der Waals surface area (Å²) in [5.41, 5.74) is 1.15. The number of nitrogens with zero attached hydrogens (tertiary/aromatic N) is 2. The molecule has 0 radical (unpaired) electrons. The number of amides is 1. The molecular weight excluding hydrogens is 270 g/mol. The lowest BCUT2D eigenvalue weighted by Gasteiger charge is -2.25. The normalized spacial score (nSPS) is 22.1. The first-order valence-electron chi connectivity index (χ1n) is 7.16. The van der Waals surface area contributed by atoms with Crippen LogP contribution in [-0.2, 0) is 9.59 Å². The predicted octanol–water partition coefficient (Wildman–Crippen LogP) is 1.06. The summed E-state index contributed by atoms with van der Waals surface area (Å²) in [6.07, 6.45) is 4.54. The lowest BCUT2D eigenvalue weighted by atomic mass is 9.94. The number of carboxylic acids is 1. The van der Waals surface area contributed by atoms with Crippen LogP contribution in [-0.4, -0.2) is 47.0 Å². The number of hydrogen-bond donors (Lipinski definition) is 2. The van der Waals surface area contributed by atoms with Gasteiger partial charge >= 0.3 is 5.97 Å². The highest BCUT2D eigenvalue weighted by Crippen LogP contribution is 2.35. The average molecular weight is 291 g/mol. The maximum Gasteiger partial charge on any atom is 0.303 e. The van der Waals surface area contributed by atoms with E-state index in [-0.39, 0.29) is 24.8 Å². The minimum absolute atomic E-state index is 0.0372. The van der Waals surface area contributed by atoms with Crippen LogP contribution < -0.4 is 5.32 Å². The van der Waals surface area contributed by atoms with Crippen LogP contribution in [0.2, 0.25) is 0 Å². The SMILES string of the molecule is CN1CC[C@H](CNC(=O)CCC(=O)O)[C@H]1c1cccnc1. The average Bonchev–Trinajstić information content (AvgIpc) is 2.84. The van der Waals surface area contributed by atoms with Gasteiger partial charge in [-0.3, -0.25) is 19.5 Å². The first-order chi connectivity index (χ1) is 10.1. The topological polar surface area (TPSA) is 82.5 Å². The Morgan fingerprint density at radius 3 is 2.95 bits per heavy atom. The molecule has 0 spiro atoms. The molecule has 1 aliphatic heterocycles. The van der Waals surface area contributed by atoms with Gasteiger partial charge in [-0.05, 0) is 37.6 Å². The molecule has 1 aliphatic rings. The van der Waals surface area contributed by atoms with Crippen molar-refractivity contribution in [3.05, 3.63) is 30.1 Å². The van der Waals surface area contributed by atoms with Gasteiger partial charge in [-0.25, -0.2) is 0 Å². The van der Waals surface area contributed by atoms with Crippen molar-refractivity contribution in [3.8, 4) is 0 Å². The van der Waals surface area contributed by atoms with Crippen molar-refractivity contribution in [3.63, 3.8) is 0 Å². The van der Waals surface area contributed by atoms with E-state index >= 15 is 0 Å². The molecule has 21 heavy (non-hydrogen) atoms. The van der Waals surface area contributed by atoms with E-state index in [9.17, 15) is 9.59 Å². The van der Waals surface area contributed by atoms with Crippen molar-refractivity contribution in [2.24, 2.45) is 5.92 Å². The largest absolute Gasteiger partial charge is 0.481 e. The van der Waals surface area contributed by atoms with Gasteiger partial charge < -0.3 is 10.4 Å². The number of carbonyl (C=O) groups excluding carboxylic acids is 1. The molecule has 114 valence electrons. The summed E-state index contributed by atoms with van der Waals surface area (Å²) in [6.45, 7) is 1.55. The summed E-state index contributed by atoms with van der Waals surface area (Å²) in [6, 6.07) is 4.22. The number of hydrogen-bond acceptors (Lipinski definition) is 4. The van der Waals surface area contributed by atoms with Crippen molar-refractivity contribution in [1.82, 2.24) is 15.2 Å². The van der Waals surface area contributed by atoms with Crippen molar-refractivity contribution >= 4 is 11.9 Å². The number of carbonyl (C=O) groups is 2. The molecule has 1 fully saturated rings. The van der Waals surface area contributed by atoms with Gasteiger partial charge in [0.2, 0.25) is 5.91 Å². The van der Waals surface area contributed by atoms with Gasteiger partial charge in [0.1, 0.15) is 0 Å². The van der Waals surface area contributed by atoms with E-state index in [1.807, 2.05) is 12.3 Å². The monoisotopic (exact) mass is 291 g/mol. The molecule has 6 heteroatoms. The Morgan fingerprint density at radius 2 is 2.29 bits per heavy atom. The van der Waals surface area contributed by atoms with Crippen molar-refractivity contribution in [2.45, 2.75) is 25.3 Å². The zero-order chi connectivity index (χ0) is 15.2. The van der Waals surface area contributed by atoms with E-state index in [0.29, 0.717) is 12.5 Å². The summed E-state index contributed by atoms with van der Waals surface area (Å²) in [5, 5.41) is 11.4. The zero-order valence-electron chi connectivity index (χ0n) is 12.2. The molecule has 1 aromatic rings. The van der Waals surface area contributed by atoms with Crippen LogP contribution in [0.1, 0.15) is 30.9 Å². The van der Waals surface area contributed by atoms with E-state index in [1.54, 1.807) is 6.20 Å². The van der Waals surface area contributed by atoms with Crippen molar-refractivity contribution in [1.29, 1.82) is 0 Å². The highest BCUT2D eigenvalue weighted by molar-refractivity contribution is 5.80. The number of nitrogens with one attached hydrogen (secondary N) is 1. The standard InChI is InChI=1S/C15H21N3O3/c1-18-8-6-12(10-17-13(19)4-5-14(20)21)15(18)11-3-2-7-16-9-11/h2-3,7,9,12,15H,4-6,8,10H2,1H3,(H,17,19)(H,20,21)/t12-,15-/m1/s1. The minimum atomic E-state index is -0.945. The van der Waals surface area contributed by atoms with Crippen LogP contribution >= 0.6 is 0 Å². The first kappa shape index (κ1) is 15.4. The van der Waals surface area contributed by atoms with E-state index in [4.69, 9.17) is 5.11 Å². The molecule has 2 atom stereocenters. The van der Waals surface area contributed by atoms with E-state index in [2.05, 4.69) is 28.3 Å². The third-order valence-corrected chi connectivity index (χ3v) is 3.93. The molecule has 0 bridgehead atoms. The minimum Gasteiger partial charge on any atom is -0.481 e.